The van der Waals surface area contributed by atoms with E-state index in [0.717, 1.165) is 12.8 Å². The summed E-state index contributed by atoms with van der Waals surface area (Å²) >= 11 is 0. The molecule has 4 nitrogen and oxygen atoms in total. The quantitative estimate of drug-likeness (QED) is 0.824. The first-order chi connectivity index (χ1) is 7.92. The molecule has 0 amide bonds. The van der Waals surface area contributed by atoms with Crippen molar-refractivity contribution in [3.63, 3.8) is 0 Å². The van der Waals surface area contributed by atoms with E-state index >= 15 is 0 Å². The highest BCUT2D eigenvalue weighted by molar-refractivity contribution is 7.90. The Morgan fingerprint density at radius 2 is 1.94 bits per heavy atom. The van der Waals surface area contributed by atoms with Gasteiger partial charge in [-0.15, -0.1) is 0 Å². The fourth-order valence-electron chi connectivity index (χ4n) is 1.64. The number of aliphatic hydroxyl groups is 1. The first-order valence-corrected chi connectivity index (χ1v) is 7.23. The molecule has 1 aliphatic carbocycles. The fraction of sp³-hybridized carbons (Fsp3) is 0.500. The fourth-order valence-corrected chi connectivity index (χ4v) is 3.11. The summed E-state index contributed by atoms with van der Waals surface area (Å²) in [5.74, 6) is 0. The van der Waals surface area contributed by atoms with Gasteiger partial charge >= 0.3 is 0 Å². The predicted octanol–water partition coefficient (Wildman–Crippen LogP) is 0.976. The van der Waals surface area contributed by atoms with Crippen molar-refractivity contribution < 1.29 is 13.5 Å². The van der Waals surface area contributed by atoms with Crippen molar-refractivity contribution in [3.8, 4) is 0 Å². The molecule has 0 aromatic heterocycles. The second-order valence-electron chi connectivity index (χ2n) is 4.71. The lowest BCUT2D eigenvalue weighted by atomic mass is 9.97. The molecule has 0 aliphatic heterocycles. The van der Waals surface area contributed by atoms with Crippen LogP contribution in [0.25, 0.3) is 0 Å². The van der Waals surface area contributed by atoms with E-state index in [1.165, 1.54) is 0 Å². The van der Waals surface area contributed by atoms with E-state index in [1.54, 1.807) is 19.1 Å². The molecule has 0 heterocycles. The van der Waals surface area contributed by atoms with Crippen LogP contribution in [-0.4, -0.2) is 25.3 Å². The van der Waals surface area contributed by atoms with E-state index in [4.69, 9.17) is 0 Å². The van der Waals surface area contributed by atoms with E-state index in [2.05, 4.69) is 4.72 Å². The highest BCUT2D eigenvalue weighted by atomic mass is 32.2. The van der Waals surface area contributed by atoms with Crippen molar-refractivity contribution in [3.05, 3.63) is 35.9 Å². The van der Waals surface area contributed by atoms with Gasteiger partial charge in [-0.25, -0.2) is 13.1 Å². The summed E-state index contributed by atoms with van der Waals surface area (Å²) in [5, 5.41) is 9.97. The Bertz CT molecular complexity index is 478. The lowest BCUT2D eigenvalue weighted by Crippen LogP contribution is -2.39. The third kappa shape index (κ3) is 3.06. The van der Waals surface area contributed by atoms with Crippen molar-refractivity contribution in [2.75, 3.05) is 6.54 Å². The smallest absolute Gasteiger partial charge is 0.214 e. The van der Waals surface area contributed by atoms with E-state index in [9.17, 15) is 13.5 Å². The lowest BCUT2D eigenvalue weighted by molar-refractivity contribution is 0.0627. The van der Waals surface area contributed by atoms with Gasteiger partial charge in [0.05, 0.1) is 5.25 Å². The van der Waals surface area contributed by atoms with Gasteiger partial charge in [-0.2, -0.15) is 0 Å². The number of nitrogens with one attached hydrogen (secondary N) is 1. The van der Waals surface area contributed by atoms with Crippen LogP contribution in [0.15, 0.2) is 30.3 Å². The van der Waals surface area contributed by atoms with Crippen LogP contribution >= 0.6 is 0 Å². The first-order valence-electron chi connectivity index (χ1n) is 5.68. The molecule has 5 heteroatoms. The van der Waals surface area contributed by atoms with Crippen molar-refractivity contribution in [2.24, 2.45) is 0 Å². The number of benzene rings is 1. The minimum Gasteiger partial charge on any atom is -0.384 e. The van der Waals surface area contributed by atoms with E-state index in [-0.39, 0.29) is 11.8 Å². The van der Waals surface area contributed by atoms with Gasteiger partial charge < -0.3 is 5.11 Å². The topological polar surface area (TPSA) is 66.4 Å². The molecule has 1 aromatic rings. The zero-order valence-electron chi connectivity index (χ0n) is 9.76. The Kier molecular flexibility index (Phi) is 3.25. The molecular weight excluding hydrogens is 238 g/mol. The first kappa shape index (κ1) is 12.5. The summed E-state index contributed by atoms with van der Waals surface area (Å²) in [7, 11) is -3.24. The third-order valence-electron chi connectivity index (χ3n) is 2.98. The van der Waals surface area contributed by atoms with Gasteiger partial charge in [0.1, 0.15) is 5.60 Å². The molecule has 0 bridgehead atoms. The molecule has 17 heavy (non-hydrogen) atoms. The average molecular weight is 255 g/mol. The Hall–Kier alpha value is -0.910. The Labute approximate surface area is 102 Å². The molecule has 1 aliphatic rings. The largest absolute Gasteiger partial charge is 0.384 e. The maximum absolute atomic E-state index is 11.6. The van der Waals surface area contributed by atoms with Gasteiger partial charge in [0, 0.05) is 6.54 Å². The summed E-state index contributed by atoms with van der Waals surface area (Å²) in [4.78, 5) is 0. The zero-order valence-corrected chi connectivity index (χ0v) is 10.6. The molecule has 1 unspecified atom stereocenters. The van der Waals surface area contributed by atoms with Crippen molar-refractivity contribution in [2.45, 2.75) is 30.6 Å². The summed E-state index contributed by atoms with van der Waals surface area (Å²) in [6.07, 6.45) is 1.45. The van der Waals surface area contributed by atoms with E-state index in [0.29, 0.717) is 5.56 Å². The normalized spacial score (nSPS) is 19.9. The number of hydrogen-bond donors (Lipinski definition) is 2. The standard InChI is InChI=1S/C12H17NO3S/c1-12(14,10-5-3-2-4-6-10)9-13-17(15,16)11-7-8-11/h2-6,11,13-14H,7-9H2,1H3. The highest BCUT2D eigenvalue weighted by Gasteiger charge is 2.37. The SMILES string of the molecule is CC(O)(CNS(=O)(=O)C1CC1)c1ccccc1. The molecular formula is C12H17NO3S. The summed E-state index contributed by atoms with van der Waals surface area (Å²) < 4.78 is 25.8. The van der Waals surface area contributed by atoms with Crippen LogP contribution < -0.4 is 4.72 Å². The van der Waals surface area contributed by atoms with Crippen molar-refractivity contribution in [1.29, 1.82) is 0 Å². The molecule has 2 rings (SSSR count). The molecule has 1 saturated carbocycles. The van der Waals surface area contributed by atoms with Gasteiger partial charge in [-0.1, -0.05) is 30.3 Å². The van der Waals surface area contributed by atoms with Gasteiger partial charge in [0.15, 0.2) is 0 Å². The van der Waals surface area contributed by atoms with Gasteiger partial charge in [0.2, 0.25) is 10.0 Å². The van der Waals surface area contributed by atoms with Crippen LogP contribution in [0.5, 0.6) is 0 Å². The van der Waals surface area contributed by atoms with Crippen LogP contribution in [0.4, 0.5) is 0 Å². The van der Waals surface area contributed by atoms with Gasteiger partial charge in [-0.05, 0) is 25.3 Å². The zero-order chi connectivity index (χ0) is 12.5. The number of rotatable bonds is 5. The highest BCUT2D eigenvalue weighted by Crippen LogP contribution is 2.28. The summed E-state index contributed by atoms with van der Waals surface area (Å²) in [6.45, 7) is 1.62. The van der Waals surface area contributed by atoms with Gasteiger partial charge in [0.25, 0.3) is 0 Å². The molecule has 2 N–H and O–H groups in total. The number of sulfonamides is 1. The Balaban J connectivity index is 2.03. The molecule has 0 saturated heterocycles. The van der Waals surface area contributed by atoms with Crippen LogP contribution in [-0.2, 0) is 15.6 Å². The summed E-state index contributed by atoms with van der Waals surface area (Å²) in [6, 6.07) is 9.06. The maximum Gasteiger partial charge on any atom is 0.214 e. The minimum atomic E-state index is -3.24. The van der Waals surface area contributed by atoms with Crippen LogP contribution in [0.1, 0.15) is 25.3 Å². The maximum atomic E-state index is 11.6. The monoisotopic (exact) mass is 255 g/mol. The van der Waals surface area contributed by atoms with E-state index < -0.39 is 15.6 Å². The van der Waals surface area contributed by atoms with Crippen molar-refractivity contribution >= 4 is 10.0 Å². The molecule has 0 spiro atoms. The lowest BCUT2D eigenvalue weighted by Gasteiger charge is -2.24. The van der Waals surface area contributed by atoms with Gasteiger partial charge in [-0.3, -0.25) is 0 Å². The van der Waals surface area contributed by atoms with Crippen LogP contribution in [0.2, 0.25) is 0 Å². The second kappa shape index (κ2) is 4.40. The second-order valence-corrected chi connectivity index (χ2v) is 6.75. The minimum absolute atomic E-state index is 0.00977. The van der Waals surface area contributed by atoms with E-state index in [1.807, 2.05) is 18.2 Å². The van der Waals surface area contributed by atoms with Crippen molar-refractivity contribution in [1.82, 2.24) is 4.72 Å². The Morgan fingerprint density at radius 3 is 2.47 bits per heavy atom. The number of hydrogen-bond acceptors (Lipinski definition) is 3. The Morgan fingerprint density at radius 1 is 1.35 bits per heavy atom. The average Bonchev–Trinajstić information content (AvgIpc) is 3.12. The van der Waals surface area contributed by atoms with Crippen LogP contribution in [0.3, 0.4) is 0 Å². The summed E-state index contributed by atoms with van der Waals surface area (Å²) in [5.41, 5.74) is -0.470. The predicted molar refractivity (Wildman–Crippen MR) is 66.0 cm³/mol. The molecule has 0 radical (unpaired) electrons. The molecule has 1 fully saturated rings. The third-order valence-corrected chi connectivity index (χ3v) is 4.87. The molecule has 1 aromatic carbocycles. The molecule has 1 atom stereocenters. The molecule has 94 valence electrons. The van der Waals surface area contributed by atoms with Crippen LogP contribution in [0, 0.1) is 0 Å².